The third kappa shape index (κ3) is 2.76. The maximum atomic E-state index is 11.8. The first-order chi connectivity index (χ1) is 8.61. The molecule has 1 aliphatic heterocycles. The molecule has 0 saturated heterocycles. The highest BCUT2D eigenvalue weighted by atomic mass is 35.5. The number of ether oxygens (including phenoxy) is 1. The molecule has 0 atom stereocenters. The van der Waals surface area contributed by atoms with Crippen molar-refractivity contribution >= 4 is 40.9 Å². The van der Waals surface area contributed by atoms with Crippen molar-refractivity contribution in [1.82, 2.24) is 4.98 Å². The van der Waals surface area contributed by atoms with Gasteiger partial charge in [0.05, 0.1) is 18.0 Å². The first kappa shape index (κ1) is 13.2. The lowest BCUT2D eigenvalue weighted by Crippen LogP contribution is -2.40. The minimum atomic E-state index is -0.432. The van der Waals surface area contributed by atoms with Gasteiger partial charge in [-0.3, -0.25) is 14.5 Å². The summed E-state index contributed by atoms with van der Waals surface area (Å²) in [5.74, 6) is -0.317. The third-order valence-corrected chi connectivity index (χ3v) is 3.50. The Morgan fingerprint density at radius 1 is 1.61 bits per heavy atom. The fourth-order valence-electron chi connectivity index (χ4n) is 1.57. The quantitative estimate of drug-likeness (QED) is 0.626. The van der Waals surface area contributed by atoms with Crippen LogP contribution in [0.25, 0.3) is 0 Å². The smallest absolute Gasteiger partial charge is 0.326 e. The van der Waals surface area contributed by atoms with Gasteiger partial charge in [-0.25, -0.2) is 4.98 Å². The van der Waals surface area contributed by atoms with Crippen LogP contribution in [0.5, 0.6) is 0 Å². The van der Waals surface area contributed by atoms with Crippen LogP contribution in [-0.2, 0) is 14.3 Å². The summed E-state index contributed by atoms with van der Waals surface area (Å²) < 4.78 is 4.85. The van der Waals surface area contributed by atoms with Crippen LogP contribution >= 0.6 is 23.4 Å². The minimum Gasteiger partial charge on any atom is -0.465 e. The normalized spacial score (nSPS) is 14.3. The summed E-state index contributed by atoms with van der Waals surface area (Å²) in [5.41, 5.74) is 0.605. The van der Waals surface area contributed by atoms with Crippen LogP contribution in [0.2, 0.25) is 5.15 Å². The highest BCUT2D eigenvalue weighted by molar-refractivity contribution is 8.00. The minimum absolute atomic E-state index is 0.0937. The van der Waals surface area contributed by atoms with Gasteiger partial charge in [0.1, 0.15) is 16.7 Å². The van der Waals surface area contributed by atoms with Crippen LogP contribution in [0, 0.1) is 0 Å². The SMILES string of the molecule is CCOC(=O)CN1C(=O)CSc2nc(Cl)ccc21. The molecule has 0 radical (unpaired) electrons. The number of amides is 1. The predicted octanol–water partition coefficient (Wildman–Crippen LogP) is 1.74. The molecule has 1 aromatic rings. The molecule has 1 aromatic heterocycles. The topological polar surface area (TPSA) is 59.5 Å². The number of anilines is 1. The van der Waals surface area contributed by atoms with E-state index in [-0.39, 0.29) is 18.2 Å². The first-order valence-corrected chi connectivity index (χ1v) is 6.73. The van der Waals surface area contributed by atoms with Crippen molar-refractivity contribution < 1.29 is 14.3 Å². The maximum absolute atomic E-state index is 11.8. The van der Waals surface area contributed by atoms with E-state index < -0.39 is 5.97 Å². The second kappa shape index (κ2) is 5.58. The fourth-order valence-corrected chi connectivity index (χ4v) is 2.68. The Kier molecular flexibility index (Phi) is 4.08. The van der Waals surface area contributed by atoms with Crippen LogP contribution in [0.3, 0.4) is 0 Å². The molecule has 2 rings (SSSR count). The van der Waals surface area contributed by atoms with Gasteiger partial charge in [0, 0.05) is 0 Å². The number of hydrogen-bond donors (Lipinski definition) is 0. The Morgan fingerprint density at radius 3 is 3.11 bits per heavy atom. The lowest BCUT2D eigenvalue weighted by Gasteiger charge is -2.27. The molecule has 2 heterocycles. The van der Waals surface area contributed by atoms with Crippen LogP contribution in [0.1, 0.15) is 6.92 Å². The van der Waals surface area contributed by atoms with E-state index in [9.17, 15) is 9.59 Å². The lowest BCUT2D eigenvalue weighted by atomic mass is 10.3. The van der Waals surface area contributed by atoms with Crippen LogP contribution < -0.4 is 4.90 Å². The highest BCUT2D eigenvalue weighted by Gasteiger charge is 2.28. The van der Waals surface area contributed by atoms with Crippen molar-refractivity contribution in [2.45, 2.75) is 11.9 Å². The van der Waals surface area contributed by atoms with Crippen molar-refractivity contribution in [3.05, 3.63) is 17.3 Å². The molecule has 0 fully saturated rings. The molecule has 0 aliphatic carbocycles. The van der Waals surface area contributed by atoms with Gasteiger partial charge in [-0.2, -0.15) is 0 Å². The van der Waals surface area contributed by atoms with E-state index in [4.69, 9.17) is 16.3 Å². The zero-order valence-electron chi connectivity index (χ0n) is 9.68. The second-order valence-corrected chi connectivity index (χ2v) is 4.88. The average molecular weight is 287 g/mol. The van der Waals surface area contributed by atoms with Gasteiger partial charge in [-0.1, -0.05) is 23.4 Å². The van der Waals surface area contributed by atoms with Crippen LogP contribution in [0.15, 0.2) is 17.2 Å². The number of rotatable bonds is 3. The summed E-state index contributed by atoms with van der Waals surface area (Å²) >= 11 is 7.11. The van der Waals surface area contributed by atoms with Gasteiger partial charge in [0.25, 0.3) is 0 Å². The largest absolute Gasteiger partial charge is 0.465 e. The van der Waals surface area contributed by atoms with E-state index in [0.29, 0.717) is 22.5 Å². The lowest BCUT2D eigenvalue weighted by molar-refractivity contribution is -0.142. The average Bonchev–Trinajstić information content (AvgIpc) is 2.33. The standard InChI is InChI=1S/C11H11ClN2O3S/c1-2-17-10(16)5-14-7-3-4-8(12)13-11(7)18-6-9(14)15/h3-4H,2,5-6H2,1H3. The number of fused-ring (bicyclic) bond motifs is 1. The Hall–Kier alpha value is -1.27. The van der Waals surface area contributed by atoms with Gasteiger partial charge in [-0.15, -0.1) is 0 Å². The summed E-state index contributed by atoms with van der Waals surface area (Å²) in [6, 6.07) is 3.28. The number of pyridine rings is 1. The highest BCUT2D eigenvalue weighted by Crippen LogP contribution is 2.34. The number of carbonyl (C=O) groups is 2. The summed E-state index contributed by atoms with van der Waals surface area (Å²) in [6.45, 7) is 1.92. The molecule has 1 amide bonds. The molecule has 0 saturated carbocycles. The van der Waals surface area contributed by atoms with Crippen molar-refractivity contribution in [1.29, 1.82) is 0 Å². The van der Waals surface area contributed by atoms with Gasteiger partial charge in [-0.05, 0) is 19.1 Å². The third-order valence-electron chi connectivity index (χ3n) is 2.32. The summed E-state index contributed by atoms with van der Waals surface area (Å²) in [7, 11) is 0. The van der Waals surface area contributed by atoms with E-state index in [1.165, 1.54) is 16.7 Å². The molecule has 1 aliphatic rings. The molecule has 96 valence electrons. The number of aromatic nitrogens is 1. The van der Waals surface area contributed by atoms with E-state index in [2.05, 4.69) is 4.98 Å². The molecule has 0 N–H and O–H groups in total. The Labute approximate surface area is 113 Å². The van der Waals surface area contributed by atoms with E-state index in [1.54, 1.807) is 19.1 Å². The zero-order valence-corrected chi connectivity index (χ0v) is 11.3. The first-order valence-electron chi connectivity index (χ1n) is 5.37. The molecule has 0 spiro atoms. The number of thioether (sulfide) groups is 1. The van der Waals surface area contributed by atoms with Crippen molar-refractivity contribution in [3.8, 4) is 0 Å². The van der Waals surface area contributed by atoms with E-state index in [1.807, 2.05) is 0 Å². The van der Waals surface area contributed by atoms with Gasteiger partial charge in [0.2, 0.25) is 5.91 Å². The number of halogens is 1. The maximum Gasteiger partial charge on any atom is 0.326 e. The van der Waals surface area contributed by atoms with Gasteiger partial charge < -0.3 is 4.74 Å². The molecule has 7 heteroatoms. The summed E-state index contributed by atoms with van der Waals surface area (Å²) in [6.07, 6.45) is 0. The Balaban J connectivity index is 2.25. The van der Waals surface area contributed by atoms with Crippen LogP contribution in [-0.4, -0.2) is 35.8 Å². The Morgan fingerprint density at radius 2 is 2.39 bits per heavy atom. The molecule has 18 heavy (non-hydrogen) atoms. The molecule has 0 aromatic carbocycles. The number of carbonyl (C=O) groups excluding carboxylic acids is 2. The van der Waals surface area contributed by atoms with Gasteiger partial charge in [0.15, 0.2) is 0 Å². The molecular formula is C11H11ClN2O3S. The predicted molar refractivity (Wildman–Crippen MR) is 69.0 cm³/mol. The van der Waals surface area contributed by atoms with E-state index in [0.717, 1.165) is 0 Å². The number of nitrogens with zero attached hydrogens (tertiary/aromatic N) is 2. The second-order valence-electron chi connectivity index (χ2n) is 3.53. The fraction of sp³-hybridized carbons (Fsp3) is 0.364. The summed E-state index contributed by atoms with van der Waals surface area (Å²) in [5, 5.41) is 1.03. The summed E-state index contributed by atoms with van der Waals surface area (Å²) in [4.78, 5) is 28.8. The molecular weight excluding hydrogens is 276 g/mol. The van der Waals surface area contributed by atoms with E-state index >= 15 is 0 Å². The Bertz CT molecular complexity index is 495. The number of esters is 1. The zero-order chi connectivity index (χ0) is 13.1. The van der Waals surface area contributed by atoms with Crippen LogP contribution in [0.4, 0.5) is 5.69 Å². The molecule has 0 bridgehead atoms. The monoisotopic (exact) mass is 286 g/mol. The van der Waals surface area contributed by atoms with Crippen molar-refractivity contribution in [2.75, 3.05) is 23.8 Å². The van der Waals surface area contributed by atoms with Crippen molar-refractivity contribution in [3.63, 3.8) is 0 Å². The van der Waals surface area contributed by atoms with Crippen molar-refractivity contribution in [2.24, 2.45) is 0 Å². The number of hydrogen-bond acceptors (Lipinski definition) is 5. The molecule has 5 nitrogen and oxygen atoms in total. The van der Waals surface area contributed by atoms with Gasteiger partial charge >= 0.3 is 5.97 Å². The molecule has 0 unspecified atom stereocenters.